The summed E-state index contributed by atoms with van der Waals surface area (Å²) in [7, 11) is 0. The lowest BCUT2D eigenvalue weighted by Crippen LogP contribution is -2.21. The molecule has 0 saturated heterocycles. The van der Waals surface area contributed by atoms with Crippen molar-refractivity contribution in [1.29, 1.82) is 0 Å². The number of phenolic OH excluding ortho intramolecular Hbond substituents is 1. The molecule has 0 bridgehead atoms. The molecule has 19 heavy (non-hydrogen) atoms. The van der Waals surface area contributed by atoms with Gasteiger partial charge in [-0.05, 0) is 48.9 Å². The molecule has 0 aromatic heterocycles. The van der Waals surface area contributed by atoms with Crippen molar-refractivity contribution in [1.82, 2.24) is 0 Å². The Balaban J connectivity index is 2.18. The second-order valence-corrected chi connectivity index (χ2v) is 4.28. The van der Waals surface area contributed by atoms with Crippen LogP contribution in [-0.4, -0.2) is 11.7 Å². The van der Waals surface area contributed by atoms with Crippen molar-refractivity contribution in [2.24, 2.45) is 0 Å². The molecular weight excluding hydrogens is 248 g/mol. The van der Waals surface area contributed by atoms with Crippen LogP contribution in [0.2, 0.25) is 0 Å². The summed E-state index contributed by atoms with van der Waals surface area (Å²) in [5, 5.41) is 9.15. The molecule has 0 fully saturated rings. The van der Waals surface area contributed by atoms with Crippen molar-refractivity contribution >= 4 is 5.69 Å². The van der Waals surface area contributed by atoms with Crippen molar-refractivity contribution in [2.45, 2.75) is 13.5 Å². The smallest absolute Gasteiger partial charge is 0.165 e. The summed E-state index contributed by atoms with van der Waals surface area (Å²) in [6.45, 7) is 3.19. The van der Waals surface area contributed by atoms with Crippen LogP contribution in [0.5, 0.6) is 5.75 Å². The number of phenols is 1. The zero-order valence-corrected chi connectivity index (χ0v) is 10.6. The Kier molecular flexibility index (Phi) is 4.00. The number of nitrogens with zero attached hydrogens (tertiary/aromatic N) is 1. The number of anilines is 1. The number of halogens is 2. The number of hydrogen-bond donors (Lipinski definition) is 1. The van der Waals surface area contributed by atoms with Gasteiger partial charge in [0.1, 0.15) is 5.82 Å². The van der Waals surface area contributed by atoms with Crippen LogP contribution in [0.15, 0.2) is 42.5 Å². The van der Waals surface area contributed by atoms with E-state index in [1.165, 1.54) is 24.3 Å². The molecule has 0 saturated carbocycles. The highest BCUT2D eigenvalue weighted by molar-refractivity contribution is 5.47. The molecule has 0 aliphatic rings. The summed E-state index contributed by atoms with van der Waals surface area (Å²) in [5.41, 5.74) is 1.62. The van der Waals surface area contributed by atoms with E-state index in [9.17, 15) is 8.78 Å². The molecule has 2 rings (SSSR count). The van der Waals surface area contributed by atoms with E-state index >= 15 is 0 Å². The van der Waals surface area contributed by atoms with Gasteiger partial charge in [-0.15, -0.1) is 0 Å². The van der Waals surface area contributed by atoms with Gasteiger partial charge in [-0.1, -0.05) is 6.07 Å². The molecule has 2 nitrogen and oxygen atoms in total. The third-order valence-electron chi connectivity index (χ3n) is 2.96. The lowest BCUT2D eigenvalue weighted by molar-refractivity contribution is 0.431. The van der Waals surface area contributed by atoms with E-state index in [0.717, 1.165) is 11.3 Å². The summed E-state index contributed by atoms with van der Waals surface area (Å²) in [6.07, 6.45) is 0. The zero-order chi connectivity index (χ0) is 13.8. The predicted molar refractivity (Wildman–Crippen MR) is 71.2 cm³/mol. The predicted octanol–water partition coefficient (Wildman–Crippen LogP) is 3.70. The second-order valence-electron chi connectivity index (χ2n) is 4.28. The SMILES string of the molecule is CCN(Cc1ccc(O)c(F)c1)c1ccc(F)cc1. The third-order valence-corrected chi connectivity index (χ3v) is 2.96. The monoisotopic (exact) mass is 263 g/mol. The summed E-state index contributed by atoms with van der Waals surface area (Å²) < 4.78 is 26.2. The van der Waals surface area contributed by atoms with Gasteiger partial charge in [0, 0.05) is 18.8 Å². The average Bonchev–Trinajstić information content (AvgIpc) is 2.41. The lowest BCUT2D eigenvalue weighted by atomic mass is 10.2. The minimum absolute atomic E-state index is 0.282. The molecule has 0 amide bonds. The summed E-state index contributed by atoms with van der Waals surface area (Å²) >= 11 is 0. The fourth-order valence-corrected chi connectivity index (χ4v) is 1.91. The quantitative estimate of drug-likeness (QED) is 0.909. The van der Waals surface area contributed by atoms with Crippen molar-refractivity contribution in [3.05, 3.63) is 59.7 Å². The standard InChI is InChI=1S/C15H15F2NO/c1-2-18(13-6-4-12(16)5-7-13)10-11-3-8-15(19)14(17)9-11/h3-9,19H,2,10H2,1H3. The first-order valence-electron chi connectivity index (χ1n) is 6.08. The highest BCUT2D eigenvalue weighted by Crippen LogP contribution is 2.21. The van der Waals surface area contributed by atoms with Crippen LogP contribution in [0.4, 0.5) is 14.5 Å². The molecule has 4 heteroatoms. The Labute approximate surface area is 110 Å². The van der Waals surface area contributed by atoms with Gasteiger partial charge in [0.2, 0.25) is 0 Å². The number of benzene rings is 2. The van der Waals surface area contributed by atoms with Gasteiger partial charge in [0.25, 0.3) is 0 Å². The van der Waals surface area contributed by atoms with Gasteiger partial charge in [0.15, 0.2) is 11.6 Å². The van der Waals surface area contributed by atoms with E-state index in [1.54, 1.807) is 18.2 Å². The van der Waals surface area contributed by atoms with Crippen LogP contribution in [0.3, 0.4) is 0 Å². The summed E-state index contributed by atoms with van der Waals surface area (Å²) in [4.78, 5) is 1.99. The van der Waals surface area contributed by atoms with Crippen LogP contribution in [0.1, 0.15) is 12.5 Å². The van der Waals surface area contributed by atoms with Crippen molar-refractivity contribution in [3.8, 4) is 5.75 Å². The van der Waals surface area contributed by atoms with Gasteiger partial charge in [-0.3, -0.25) is 0 Å². The van der Waals surface area contributed by atoms with Gasteiger partial charge in [0.05, 0.1) is 0 Å². The molecule has 0 unspecified atom stereocenters. The number of hydrogen-bond acceptors (Lipinski definition) is 2. The van der Waals surface area contributed by atoms with Crippen LogP contribution in [0.25, 0.3) is 0 Å². The number of rotatable bonds is 4. The minimum Gasteiger partial charge on any atom is -0.505 e. The lowest BCUT2D eigenvalue weighted by Gasteiger charge is -2.23. The van der Waals surface area contributed by atoms with Crippen LogP contribution in [-0.2, 0) is 6.54 Å². The van der Waals surface area contributed by atoms with E-state index in [0.29, 0.717) is 13.1 Å². The maximum absolute atomic E-state index is 13.3. The molecule has 0 aliphatic carbocycles. The highest BCUT2D eigenvalue weighted by atomic mass is 19.1. The van der Waals surface area contributed by atoms with Crippen molar-refractivity contribution in [3.63, 3.8) is 0 Å². The molecule has 0 heterocycles. The van der Waals surface area contributed by atoms with E-state index in [4.69, 9.17) is 5.11 Å². The van der Waals surface area contributed by atoms with E-state index in [1.807, 2.05) is 11.8 Å². The maximum atomic E-state index is 13.3. The maximum Gasteiger partial charge on any atom is 0.165 e. The molecular formula is C15H15F2NO. The fourth-order valence-electron chi connectivity index (χ4n) is 1.91. The Hall–Kier alpha value is -2.10. The molecule has 0 spiro atoms. The minimum atomic E-state index is -0.632. The first-order chi connectivity index (χ1) is 9.10. The number of aromatic hydroxyl groups is 1. The zero-order valence-electron chi connectivity index (χ0n) is 10.6. The Morgan fingerprint density at radius 3 is 2.32 bits per heavy atom. The van der Waals surface area contributed by atoms with Gasteiger partial charge in [-0.2, -0.15) is 0 Å². The largest absolute Gasteiger partial charge is 0.505 e. The van der Waals surface area contributed by atoms with Gasteiger partial charge >= 0.3 is 0 Å². The van der Waals surface area contributed by atoms with Gasteiger partial charge in [-0.25, -0.2) is 8.78 Å². The average molecular weight is 263 g/mol. The highest BCUT2D eigenvalue weighted by Gasteiger charge is 2.08. The first-order valence-corrected chi connectivity index (χ1v) is 6.08. The van der Waals surface area contributed by atoms with E-state index in [-0.39, 0.29) is 11.6 Å². The van der Waals surface area contributed by atoms with Crippen LogP contribution < -0.4 is 4.90 Å². The summed E-state index contributed by atoms with van der Waals surface area (Å²) in [6, 6.07) is 10.5. The van der Waals surface area contributed by atoms with E-state index < -0.39 is 5.82 Å². The molecule has 0 aliphatic heterocycles. The Morgan fingerprint density at radius 2 is 1.74 bits per heavy atom. The molecule has 2 aromatic rings. The van der Waals surface area contributed by atoms with Gasteiger partial charge < -0.3 is 10.0 Å². The topological polar surface area (TPSA) is 23.5 Å². The normalized spacial score (nSPS) is 10.5. The molecule has 2 aromatic carbocycles. The van der Waals surface area contributed by atoms with Crippen LogP contribution >= 0.6 is 0 Å². The van der Waals surface area contributed by atoms with E-state index in [2.05, 4.69) is 0 Å². The van der Waals surface area contributed by atoms with Crippen molar-refractivity contribution < 1.29 is 13.9 Å². The van der Waals surface area contributed by atoms with Crippen LogP contribution in [0, 0.1) is 11.6 Å². The Bertz CT molecular complexity index is 555. The molecule has 1 N–H and O–H groups in total. The summed E-state index contributed by atoms with van der Waals surface area (Å²) in [5.74, 6) is -1.27. The molecule has 0 radical (unpaired) electrons. The fraction of sp³-hybridized carbons (Fsp3) is 0.200. The second kappa shape index (κ2) is 5.69. The third kappa shape index (κ3) is 3.22. The van der Waals surface area contributed by atoms with Crippen molar-refractivity contribution in [2.75, 3.05) is 11.4 Å². The molecule has 100 valence electrons. The first kappa shape index (κ1) is 13.3. The Morgan fingerprint density at radius 1 is 1.05 bits per heavy atom. The molecule has 0 atom stereocenters.